The van der Waals surface area contributed by atoms with Crippen LogP contribution in [0.2, 0.25) is 0 Å². The van der Waals surface area contributed by atoms with Gasteiger partial charge in [0.25, 0.3) is 0 Å². The van der Waals surface area contributed by atoms with Crippen LogP contribution in [0.5, 0.6) is 0 Å². The van der Waals surface area contributed by atoms with Crippen LogP contribution in [0.15, 0.2) is 60.7 Å². The number of nitrogens with zero attached hydrogens (tertiary/aromatic N) is 2. The predicted molar refractivity (Wildman–Crippen MR) is 133 cm³/mol. The summed E-state index contributed by atoms with van der Waals surface area (Å²) < 4.78 is 10.5. The number of ether oxygens (including phenoxy) is 2. The molecule has 33 heavy (non-hydrogen) atoms. The van der Waals surface area contributed by atoms with Gasteiger partial charge in [-0.15, -0.1) is 0 Å². The largest absolute Gasteiger partial charge is 0.389 e. The molecule has 0 bridgehead atoms. The number of benzene rings is 2. The number of aliphatic hydroxyl groups is 2. The maximum Gasteiger partial charge on any atom is 0.0969 e. The van der Waals surface area contributed by atoms with Crippen LogP contribution in [0.4, 0.5) is 0 Å². The average molecular weight is 459 g/mol. The van der Waals surface area contributed by atoms with E-state index in [-0.39, 0.29) is 31.8 Å². The molecule has 2 fully saturated rings. The lowest BCUT2D eigenvalue weighted by Gasteiger charge is -2.24. The topological polar surface area (TPSA) is 65.4 Å². The second kappa shape index (κ2) is 13.2. The van der Waals surface area contributed by atoms with E-state index in [1.54, 1.807) is 14.2 Å². The Hall–Kier alpha value is -1.80. The lowest BCUT2D eigenvalue weighted by Crippen LogP contribution is -2.26. The first-order chi connectivity index (χ1) is 15.4. The molecule has 6 atom stereocenters. The van der Waals surface area contributed by atoms with E-state index >= 15 is 0 Å². The molecule has 6 heteroatoms. The number of hydrogen-bond donors (Lipinski definition) is 2. The molecule has 184 valence electrons. The van der Waals surface area contributed by atoms with Crippen molar-refractivity contribution in [1.29, 1.82) is 0 Å². The second-order valence-electron chi connectivity index (χ2n) is 8.76. The van der Waals surface area contributed by atoms with Gasteiger partial charge in [0, 0.05) is 52.5 Å². The zero-order valence-electron chi connectivity index (χ0n) is 19.7. The first kappa shape index (κ1) is 27.4. The molecule has 2 aromatic rings. The van der Waals surface area contributed by atoms with E-state index in [4.69, 9.17) is 9.47 Å². The summed E-state index contributed by atoms with van der Waals surface area (Å²) in [5.41, 5.74) is 2.57. The fourth-order valence-electron chi connectivity index (χ4n) is 4.55. The SMILES string of the molecule is C.CO[C@@H]1CN([C@H](C)c2ccccc2)C[C@H]1O.CO[C@H]1CN([C@H](C)c2ccccc2)C[C@@H]1O. The molecule has 2 N–H and O–H groups in total. The minimum atomic E-state index is -0.365. The maximum absolute atomic E-state index is 9.79. The summed E-state index contributed by atoms with van der Waals surface area (Å²) >= 11 is 0. The fraction of sp³-hybridized carbons (Fsp3) is 0.556. The van der Waals surface area contributed by atoms with Crippen LogP contribution in [0, 0.1) is 0 Å². The van der Waals surface area contributed by atoms with E-state index < -0.39 is 0 Å². The van der Waals surface area contributed by atoms with Gasteiger partial charge in [0.15, 0.2) is 0 Å². The van der Waals surface area contributed by atoms with Crippen molar-refractivity contribution in [3.05, 3.63) is 71.8 Å². The Labute approximate surface area is 199 Å². The van der Waals surface area contributed by atoms with Gasteiger partial charge in [0.2, 0.25) is 0 Å². The summed E-state index contributed by atoms with van der Waals surface area (Å²) in [5.74, 6) is 0. The molecule has 0 amide bonds. The van der Waals surface area contributed by atoms with Crippen molar-refractivity contribution >= 4 is 0 Å². The Morgan fingerprint density at radius 3 is 1.27 bits per heavy atom. The molecule has 0 aromatic heterocycles. The number of β-amino-alcohol motifs (C(OH)–C–C–N with tert-alkyl or cyclic N) is 2. The van der Waals surface area contributed by atoms with Crippen molar-refractivity contribution in [3.63, 3.8) is 0 Å². The van der Waals surface area contributed by atoms with Gasteiger partial charge in [-0.3, -0.25) is 9.80 Å². The van der Waals surface area contributed by atoms with Crippen LogP contribution in [-0.4, -0.2) is 84.8 Å². The minimum absolute atomic E-state index is 0. The lowest BCUT2D eigenvalue weighted by atomic mass is 10.1. The van der Waals surface area contributed by atoms with Gasteiger partial charge >= 0.3 is 0 Å². The van der Waals surface area contributed by atoms with Crippen molar-refractivity contribution in [2.24, 2.45) is 0 Å². The van der Waals surface area contributed by atoms with Crippen LogP contribution in [-0.2, 0) is 9.47 Å². The van der Waals surface area contributed by atoms with Crippen LogP contribution in [0.25, 0.3) is 0 Å². The second-order valence-corrected chi connectivity index (χ2v) is 8.76. The number of hydrogen-bond acceptors (Lipinski definition) is 6. The predicted octanol–water partition coefficient (Wildman–Crippen LogP) is 3.51. The highest BCUT2D eigenvalue weighted by Crippen LogP contribution is 2.26. The Morgan fingerprint density at radius 2 is 1.00 bits per heavy atom. The van der Waals surface area contributed by atoms with Gasteiger partial charge in [0.05, 0.1) is 24.4 Å². The van der Waals surface area contributed by atoms with Crippen molar-refractivity contribution in [2.75, 3.05) is 40.4 Å². The zero-order chi connectivity index (χ0) is 23.1. The first-order valence-electron chi connectivity index (χ1n) is 11.4. The monoisotopic (exact) mass is 458 g/mol. The molecule has 4 rings (SSSR count). The summed E-state index contributed by atoms with van der Waals surface area (Å²) in [5, 5.41) is 19.6. The third-order valence-electron chi connectivity index (χ3n) is 6.80. The Balaban J connectivity index is 0.000000227. The van der Waals surface area contributed by atoms with Crippen LogP contribution in [0.1, 0.15) is 44.5 Å². The van der Waals surface area contributed by atoms with Crippen LogP contribution in [0.3, 0.4) is 0 Å². The maximum atomic E-state index is 9.79. The minimum Gasteiger partial charge on any atom is -0.389 e. The van der Waals surface area contributed by atoms with Gasteiger partial charge in [0.1, 0.15) is 0 Å². The summed E-state index contributed by atoms with van der Waals surface area (Å²) in [6.45, 7) is 7.31. The smallest absolute Gasteiger partial charge is 0.0969 e. The third-order valence-corrected chi connectivity index (χ3v) is 6.80. The van der Waals surface area contributed by atoms with Crippen molar-refractivity contribution < 1.29 is 19.7 Å². The van der Waals surface area contributed by atoms with Crippen LogP contribution < -0.4 is 0 Å². The molecule has 6 nitrogen and oxygen atoms in total. The first-order valence-corrected chi connectivity index (χ1v) is 11.4. The molecule has 0 unspecified atom stereocenters. The number of methoxy groups -OCH3 is 2. The average Bonchev–Trinajstić information content (AvgIpc) is 3.41. The van der Waals surface area contributed by atoms with E-state index in [2.05, 4.69) is 47.9 Å². The van der Waals surface area contributed by atoms with Crippen molar-refractivity contribution in [1.82, 2.24) is 9.80 Å². The Bertz CT molecular complexity index is 724. The molecule has 2 aliphatic heterocycles. The third kappa shape index (κ3) is 7.09. The lowest BCUT2D eigenvalue weighted by molar-refractivity contribution is 0.0214. The van der Waals surface area contributed by atoms with E-state index in [1.165, 1.54) is 11.1 Å². The highest BCUT2D eigenvalue weighted by molar-refractivity contribution is 5.19. The molecule has 0 spiro atoms. The Morgan fingerprint density at radius 1 is 0.667 bits per heavy atom. The molecule has 2 heterocycles. The van der Waals surface area contributed by atoms with E-state index in [1.807, 2.05) is 36.4 Å². The number of likely N-dealkylation sites (tertiary alicyclic amines) is 2. The summed E-state index contributed by atoms with van der Waals surface area (Å²) in [6.07, 6.45) is -0.829. The molecule has 0 aliphatic carbocycles. The molecule has 0 radical (unpaired) electrons. The van der Waals surface area contributed by atoms with E-state index in [0.717, 1.165) is 13.1 Å². The van der Waals surface area contributed by atoms with Crippen LogP contribution >= 0.6 is 0 Å². The van der Waals surface area contributed by atoms with Crippen molar-refractivity contribution in [2.45, 2.75) is 57.8 Å². The number of aliphatic hydroxyl groups excluding tert-OH is 2. The molecule has 2 aromatic carbocycles. The Kier molecular flexibility index (Phi) is 11.0. The molecule has 2 saturated heterocycles. The fourth-order valence-corrected chi connectivity index (χ4v) is 4.55. The van der Waals surface area contributed by atoms with Gasteiger partial charge < -0.3 is 19.7 Å². The highest BCUT2D eigenvalue weighted by Gasteiger charge is 2.34. The van der Waals surface area contributed by atoms with E-state index in [9.17, 15) is 10.2 Å². The summed E-state index contributed by atoms with van der Waals surface area (Å²) in [6, 6.07) is 21.4. The quantitative estimate of drug-likeness (QED) is 0.691. The molecule has 2 aliphatic rings. The summed E-state index contributed by atoms with van der Waals surface area (Å²) in [4.78, 5) is 4.52. The molecular formula is C27H42N2O4. The normalized spacial score (nSPS) is 27.3. The van der Waals surface area contributed by atoms with Gasteiger partial charge in [-0.05, 0) is 25.0 Å². The van der Waals surface area contributed by atoms with Gasteiger partial charge in [-0.1, -0.05) is 68.1 Å². The molecule has 0 saturated carbocycles. The zero-order valence-corrected chi connectivity index (χ0v) is 19.7. The van der Waals surface area contributed by atoms with E-state index in [0.29, 0.717) is 25.2 Å². The standard InChI is InChI=1S/2C13H19NO2.CH4/c2*1-10(11-6-4-3-5-7-11)14-8-12(15)13(9-14)16-2;/h2*3-7,10,12-13,15H,8-9H2,1-2H3;1H4/t10-,12+,13+;10-,12-,13-;/m11./s1. The summed E-state index contributed by atoms with van der Waals surface area (Å²) in [7, 11) is 3.31. The molecular weight excluding hydrogens is 416 g/mol. The van der Waals surface area contributed by atoms with Crippen molar-refractivity contribution in [3.8, 4) is 0 Å². The number of rotatable bonds is 6. The highest BCUT2D eigenvalue weighted by atomic mass is 16.5. The van der Waals surface area contributed by atoms with Gasteiger partial charge in [-0.25, -0.2) is 0 Å². The van der Waals surface area contributed by atoms with Gasteiger partial charge in [-0.2, -0.15) is 0 Å².